The first-order valence-corrected chi connectivity index (χ1v) is 5.35. The van der Waals surface area contributed by atoms with Gasteiger partial charge >= 0.3 is 0 Å². The van der Waals surface area contributed by atoms with Crippen LogP contribution in [0.1, 0.15) is 0 Å². The Hall–Kier alpha value is -2.16. The number of benzene rings is 2. The summed E-state index contributed by atoms with van der Waals surface area (Å²) in [7, 11) is 3.27. The first-order chi connectivity index (χ1) is 8.31. The average Bonchev–Trinajstić information content (AvgIpc) is 2.81. The van der Waals surface area contributed by atoms with Gasteiger partial charge in [-0.3, -0.25) is 0 Å². The molecule has 0 atom stereocenters. The highest BCUT2D eigenvalue weighted by atomic mass is 16.5. The first kappa shape index (κ1) is 10.0. The third-order valence-electron chi connectivity index (χ3n) is 2.91. The van der Waals surface area contributed by atoms with Crippen LogP contribution in [0.25, 0.3) is 21.7 Å². The lowest BCUT2D eigenvalue weighted by Gasteiger charge is -2.09. The standard InChI is InChI=1S/C14H12O3/c1-15-13-7-10-5-9-3-4-17-12(9)6-11(10)8-14(13)16-2/h3-8H,1-2H3. The molecule has 3 nitrogen and oxygen atoms in total. The van der Waals surface area contributed by atoms with E-state index in [2.05, 4.69) is 6.07 Å². The fourth-order valence-electron chi connectivity index (χ4n) is 2.04. The summed E-state index contributed by atoms with van der Waals surface area (Å²) < 4.78 is 16.0. The molecule has 3 aromatic rings. The van der Waals surface area contributed by atoms with Gasteiger partial charge in [-0.05, 0) is 41.1 Å². The van der Waals surface area contributed by atoms with E-state index in [1.54, 1.807) is 20.5 Å². The van der Waals surface area contributed by atoms with Crippen molar-refractivity contribution in [2.45, 2.75) is 0 Å². The lowest BCUT2D eigenvalue weighted by molar-refractivity contribution is 0.356. The molecule has 0 aliphatic heterocycles. The number of hydrogen-bond acceptors (Lipinski definition) is 3. The predicted octanol–water partition coefficient (Wildman–Crippen LogP) is 3.60. The van der Waals surface area contributed by atoms with E-state index in [-0.39, 0.29) is 0 Å². The summed E-state index contributed by atoms with van der Waals surface area (Å²) in [5.41, 5.74) is 0.879. The summed E-state index contributed by atoms with van der Waals surface area (Å²) in [5.74, 6) is 1.47. The smallest absolute Gasteiger partial charge is 0.161 e. The molecule has 3 rings (SSSR count). The molecule has 1 heterocycles. The Morgan fingerprint density at radius 1 is 0.824 bits per heavy atom. The van der Waals surface area contributed by atoms with Gasteiger partial charge in [0.2, 0.25) is 0 Å². The molecular weight excluding hydrogens is 216 g/mol. The second-order valence-corrected chi connectivity index (χ2v) is 3.86. The van der Waals surface area contributed by atoms with Crippen LogP contribution in [0.4, 0.5) is 0 Å². The molecule has 3 heteroatoms. The third kappa shape index (κ3) is 1.51. The lowest BCUT2D eigenvalue weighted by atomic mass is 10.1. The summed E-state index contributed by atoms with van der Waals surface area (Å²) in [6, 6.07) is 9.96. The van der Waals surface area contributed by atoms with Gasteiger partial charge in [-0.15, -0.1) is 0 Å². The molecule has 2 aromatic carbocycles. The highest BCUT2D eigenvalue weighted by Crippen LogP contribution is 2.34. The van der Waals surface area contributed by atoms with Gasteiger partial charge in [-0.2, -0.15) is 0 Å². The Morgan fingerprint density at radius 2 is 1.47 bits per heavy atom. The molecule has 0 spiro atoms. The number of furan rings is 1. The fourth-order valence-corrected chi connectivity index (χ4v) is 2.04. The topological polar surface area (TPSA) is 31.6 Å². The van der Waals surface area contributed by atoms with E-state index in [9.17, 15) is 0 Å². The van der Waals surface area contributed by atoms with Crippen molar-refractivity contribution in [3.05, 3.63) is 36.6 Å². The van der Waals surface area contributed by atoms with Crippen molar-refractivity contribution in [1.82, 2.24) is 0 Å². The van der Waals surface area contributed by atoms with Crippen molar-refractivity contribution < 1.29 is 13.9 Å². The van der Waals surface area contributed by atoms with Crippen LogP contribution in [0.15, 0.2) is 41.0 Å². The molecular formula is C14H12O3. The second-order valence-electron chi connectivity index (χ2n) is 3.86. The summed E-state index contributed by atoms with van der Waals surface area (Å²) in [5, 5.41) is 3.27. The van der Waals surface area contributed by atoms with Crippen LogP contribution >= 0.6 is 0 Å². The Kier molecular flexibility index (Phi) is 2.18. The lowest BCUT2D eigenvalue weighted by Crippen LogP contribution is -1.90. The zero-order chi connectivity index (χ0) is 11.8. The number of ether oxygens (including phenoxy) is 2. The Labute approximate surface area is 98.5 Å². The van der Waals surface area contributed by atoms with Crippen molar-refractivity contribution in [2.24, 2.45) is 0 Å². The van der Waals surface area contributed by atoms with Crippen molar-refractivity contribution in [2.75, 3.05) is 14.2 Å². The van der Waals surface area contributed by atoms with Crippen LogP contribution in [-0.4, -0.2) is 14.2 Å². The average molecular weight is 228 g/mol. The van der Waals surface area contributed by atoms with Crippen molar-refractivity contribution in [1.29, 1.82) is 0 Å². The maximum atomic E-state index is 5.38. The SMILES string of the molecule is COc1cc2cc3ccoc3cc2cc1OC. The number of hydrogen-bond donors (Lipinski definition) is 0. The van der Waals surface area contributed by atoms with Gasteiger partial charge < -0.3 is 13.9 Å². The van der Waals surface area contributed by atoms with Gasteiger partial charge in [0.05, 0.1) is 20.5 Å². The number of rotatable bonds is 2. The zero-order valence-corrected chi connectivity index (χ0v) is 9.69. The molecule has 0 amide bonds. The summed E-state index contributed by atoms with van der Waals surface area (Å²) in [4.78, 5) is 0. The quantitative estimate of drug-likeness (QED) is 0.671. The van der Waals surface area contributed by atoms with Gasteiger partial charge in [0, 0.05) is 5.39 Å². The Bertz CT molecular complexity index is 625. The van der Waals surface area contributed by atoms with E-state index in [1.807, 2.05) is 24.3 Å². The van der Waals surface area contributed by atoms with Gasteiger partial charge in [-0.25, -0.2) is 0 Å². The van der Waals surface area contributed by atoms with Crippen LogP contribution < -0.4 is 9.47 Å². The van der Waals surface area contributed by atoms with Crippen LogP contribution in [0, 0.1) is 0 Å². The maximum absolute atomic E-state index is 5.38. The summed E-state index contributed by atoms with van der Waals surface area (Å²) in [6.07, 6.45) is 1.69. The van der Waals surface area contributed by atoms with Gasteiger partial charge in [0.25, 0.3) is 0 Å². The second kappa shape index (κ2) is 3.70. The van der Waals surface area contributed by atoms with E-state index < -0.39 is 0 Å². The third-order valence-corrected chi connectivity index (χ3v) is 2.91. The highest BCUT2D eigenvalue weighted by molar-refractivity contribution is 5.97. The molecule has 0 N–H and O–H groups in total. The van der Waals surface area contributed by atoms with Gasteiger partial charge in [-0.1, -0.05) is 0 Å². The van der Waals surface area contributed by atoms with Crippen LogP contribution in [-0.2, 0) is 0 Å². The van der Waals surface area contributed by atoms with Crippen molar-refractivity contribution in [3.63, 3.8) is 0 Å². The minimum Gasteiger partial charge on any atom is -0.493 e. The number of methoxy groups -OCH3 is 2. The van der Waals surface area contributed by atoms with Crippen LogP contribution in [0.5, 0.6) is 11.5 Å². The molecule has 17 heavy (non-hydrogen) atoms. The molecule has 0 bridgehead atoms. The van der Waals surface area contributed by atoms with E-state index in [0.29, 0.717) is 0 Å². The Morgan fingerprint density at radius 3 is 2.12 bits per heavy atom. The van der Waals surface area contributed by atoms with Crippen molar-refractivity contribution >= 4 is 21.7 Å². The molecule has 1 aromatic heterocycles. The van der Waals surface area contributed by atoms with E-state index in [1.165, 1.54) is 0 Å². The molecule has 0 saturated heterocycles. The molecule has 0 radical (unpaired) electrons. The number of fused-ring (bicyclic) bond motifs is 2. The Balaban J connectivity index is 2.36. The van der Waals surface area contributed by atoms with E-state index in [0.717, 1.165) is 33.2 Å². The first-order valence-electron chi connectivity index (χ1n) is 5.35. The maximum Gasteiger partial charge on any atom is 0.161 e. The molecule has 0 fully saturated rings. The van der Waals surface area contributed by atoms with Gasteiger partial charge in [0.15, 0.2) is 11.5 Å². The predicted molar refractivity (Wildman–Crippen MR) is 66.8 cm³/mol. The zero-order valence-electron chi connectivity index (χ0n) is 9.69. The molecule has 86 valence electrons. The minimum absolute atomic E-state index is 0.728. The van der Waals surface area contributed by atoms with Crippen molar-refractivity contribution in [3.8, 4) is 11.5 Å². The fraction of sp³-hybridized carbons (Fsp3) is 0.143. The van der Waals surface area contributed by atoms with E-state index >= 15 is 0 Å². The van der Waals surface area contributed by atoms with Crippen LogP contribution in [0.2, 0.25) is 0 Å². The molecule has 0 aliphatic rings. The normalized spacial score (nSPS) is 10.9. The summed E-state index contributed by atoms with van der Waals surface area (Å²) in [6.45, 7) is 0. The van der Waals surface area contributed by atoms with Crippen LogP contribution in [0.3, 0.4) is 0 Å². The van der Waals surface area contributed by atoms with Gasteiger partial charge in [0.1, 0.15) is 5.58 Å². The monoisotopic (exact) mass is 228 g/mol. The molecule has 0 unspecified atom stereocenters. The summed E-state index contributed by atoms with van der Waals surface area (Å²) >= 11 is 0. The van der Waals surface area contributed by atoms with E-state index in [4.69, 9.17) is 13.9 Å². The largest absolute Gasteiger partial charge is 0.493 e. The molecule has 0 aliphatic carbocycles. The molecule has 0 saturated carbocycles. The minimum atomic E-state index is 0.728. The highest BCUT2D eigenvalue weighted by Gasteiger charge is 2.07.